The molecular weight excluding hydrogens is 274 g/mol. The number of carbonyl (C=O) groups is 2. The second kappa shape index (κ2) is 5.65. The predicted molar refractivity (Wildman–Crippen MR) is 63.5 cm³/mol. The van der Waals surface area contributed by atoms with Crippen LogP contribution in [0.3, 0.4) is 0 Å². The molecule has 0 saturated heterocycles. The van der Waals surface area contributed by atoms with Crippen LogP contribution in [0.25, 0.3) is 0 Å². The summed E-state index contributed by atoms with van der Waals surface area (Å²) in [5.41, 5.74) is 1.56. The van der Waals surface area contributed by atoms with Gasteiger partial charge in [0.1, 0.15) is 0 Å². The maximum atomic E-state index is 11.6. The largest absolute Gasteiger partial charge is 0.481 e. The fourth-order valence-corrected chi connectivity index (χ4v) is 1.86. The number of benzene rings is 1. The molecule has 86 valence electrons. The van der Waals surface area contributed by atoms with Crippen molar-refractivity contribution in [3.63, 3.8) is 0 Å². The molecule has 16 heavy (non-hydrogen) atoms. The van der Waals surface area contributed by atoms with Crippen molar-refractivity contribution in [1.82, 2.24) is 5.32 Å². The maximum Gasteiger partial charge on any atom is 0.305 e. The summed E-state index contributed by atoms with van der Waals surface area (Å²) >= 11 is 3.29. The zero-order chi connectivity index (χ0) is 12.1. The van der Waals surface area contributed by atoms with Gasteiger partial charge in [-0.2, -0.15) is 0 Å². The molecule has 5 heteroatoms. The van der Waals surface area contributed by atoms with E-state index in [1.165, 1.54) is 0 Å². The smallest absolute Gasteiger partial charge is 0.305 e. The molecule has 4 nitrogen and oxygen atoms in total. The lowest BCUT2D eigenvalue weighted by Crippen LogP contribution is -2.26. The molecule has 0 aliphatic heterocycles. The van der Waals surface area contributed by atoms with Gasteiger partial charge in [-0.3, -0.25) is 9.59 Å². The number of rotatable bonds is 4. The Morgan fingerprint density at radius 3 is 2.69 bits per heavy atom. The minimum Gasteiger partial charge on any atom is -0.481 e. The van der Waals surface area contributed by atoms with E-state index in [2.05, 4.69) is 21.2 Å². The first kappa shape index (κ1) is 12.7. The Kier molecular flexibility index (Phi) is 4.49. The second-order valence-corrected chi connectivity index (χ2v) is 4.24. The molecule has 0 aromatic heterocycles. The van der Waals surface area contributed by atoms with Gasteiger partial charge in [-0.05, 0) is 40.5 Å². The van der Waals surface area contributed by atoms with E-state index in [0.717, 1.165) is 5.56 Å². The van der Waals surface area contributed by atoms with Crippen molar-refractivity contribution < 1.29 is 14.7 Å². The summed E-state index contributed by atoms with van der Waals surface area (Å²) in [7, 11) is 0. The van der Waals surface area contributed by atoms with Crippen LogP contribution < -0.4 is 5.32 Å². The Hall–Kier alpha value is -1.36. The van der Waals surface area contributed by atoms with E-state index < -0.39 is 5.97 Å². The first-order valence-corrected chi connectivity index (χ1v) is 5.56. The molecule has 0 spiro atoms. The Bertz CT molecular complexity index is 418. The first-order valence-electron chi connectivity index (χ1n) is 4.77. The van der Waals surface area contributed by atoms with E-state index >= 15 is 0 Å². The van der Waals surface area contributed by atoms with E-state index in [1.54, 1.807) is 6.07 Å². The second-order valence-electron chi connectivity index (χ2n) is 3.38. The molecule has 1 aromatic carbocycles. The number of nitrogens with one attached hydrogen (secondary N) is 1. The number of halogens is 1. The summed E-state index contributed by atoms with van der Waals surface area (Å²) in [5, 5.41) is 11.0. The van der Waals surface area contributed by atoms with Gasteiger partial charge in [0.2, 0.25) is 0 Å². The van der Waals surface area contributed by atoms with Gasteiger partial charge < -0.3 is 10.4 Å². The molecule has 1 aromatic rings. The van der Waals surface area contributed by atoms with Crippen LogP contribution in [0.2, 0.25) is 0 Å². The Balaban J connectivity index is 2.63. The van der Waals surface area contributed by atoms with Gasteiger partial charge >= 0.3 is 5.97 Å². The third-order valence-corrected chi connectivity index (χ3v) is 2.65. The maximum absolute atomic E-state index is 11.6. The first-order chi connectivity index (χ1) is 7.50. The summed E-state index contributed by atoms with van der Waals surface area (Å²) < 4.78 is 0.709. The minimum atomic E-state index is -0.928. The number of carboxylic acids is 1. The summed E-state index contributed by atoms with van der Waals surface area (Å²) in [4.78, 5) is 21.9. The highest BCUT2D eigenvalue weighted by Gasteiger charge is 2.09. The summed E-state index contributed by atoms with van der Waals surface area (Å²) in [6, 6.07) is 5.37. The summed E-state index contributed by atoms with van der Waals surface area (Å²) in [6.45, 7) is 2.06. The standard InChI is InChI=1S/C11H12BrNO3/c1-7-2-3-8(9(12)6-7)11(16)13-5-4-10(14)15/h2-3,6H,4-5H2,1H3,(H,13,16)(H,14,15). The average Bonchev–Trinajstić information content (AvgIpc) is 2.16. The number of hydrogen-bond donors (Lipinski definition) is 2. The van der Waals surface area contributed by atoms with E-state index in [1.807, 2.05) is 19.1 Å². The lowest BCUT2D eigenvalue weighted by atomic mass is 10.1. The number of amides is 1. The molecule has 0 fully saturated rings. The number of aryl methyl sites for hydroxylation is 1. The fourth-order valence-electron chi connectivity index (χ4n) is 1.18. The molecule has 0 radical (unpaired) electrons. The van der Waals surface area contributed by atoms with E-state index in [4.69, 9.17) is 5.11 Å². The highest BCUT2D eigenvalue weighted by atomic mass is 79.9. The molecule has 0 heterocycles. The predicted octanol–water partition coefficient (Wildman–Crippen LogP) is 1.96. The number of aliphatic carboxylic acids is 1. The van der Waals surface area contributed by atoms with Crippen molar-refractivity contribution >= 4 is 27.8 Å². The molecule has 0 atom stereocenters. The van der Waals surface area contributed by atoms with Crippen LogP contribution in [0.4, 0.5) is 0 Å². The highest BCUT2D eigenvalue weighted by Crippen LogP contribution is 2.18. The zero-order valence-corrected chi connectivity index (χ0v) is 10.4. The molecule has 0 bridgehead atoms. The van der Waals surface area contributed by atoms with Gasteiger partial charge in [0.05, 0.1) is 12.0 Å². The number of carbonyl (C=O) groups excluding carboxylic acids is 1. The van der Waals surface area contributed by atoms with Crippen molar-refractivity contribution in [2.24, 2.45) is 0 Å². The Morgan fingerprint density at radius 2 is 2.12 bits per heavy atom. The molecule has 2 N–H and O–H groups in total. The van der Waals surface area contributed by atoms with Gasteiger partial charge in [0.15, 0.2) is 0 Å². The van der Waals surface area contributed by atoms with Gasteiger partial charge in [0.25, 0.3) is 5.91 Å². The fraction of sp³-hybridized carbons (Fsp3) is 0.273. The molecule has 0 saturated carbocycles. The van der Waals surface area contributed by atoms with Crippen molar-refractivity contribution in [3.05, 3.63) is 33.8 Å². The lowest BCUT2D eigenvalue weighted by Gasteiger charge is -2.06. The highest BCUT2D eigenvalue weighted by molar-refractivity contribution is 9.10. The van der Waals surface area contributed by atoms with Gasteiger partial charge in [-0.25, -0.2) is 0 Å². The third-order valence-electron chi connectivity index (χ3n) is 1.99. The van der Waals surface area contributed by atoms with E-state index in [9.17, 15) is 9.59 Å². The van der Waals surface area contributed by atoms with Crippen LogP contribution in [0.5, 0.6) is 0 Å². The quantitative estimate of drug-likeness (QED) is 0.889. The van der Waals surface area contributed by atoms with Gasteiger partial charge in [-0.1, -0.05) is 6.07 Å². The van der Waals surface area contributed by atoms with Gasteiger partial charge in [0, 0.05) is 11.0 Å². The lowest BCUT2D eigenvalue weighted by molar-refractivity contribution is -0.136. The monoisotopic (exact) mass is 285 g/mol. The Morgan fingerprint density at radius 1 is 1.44 bits per heavy atom. The van der Waals surface area contributed by atoms with Crippen LogP contribution in [0.1, 0.15) is 22.3 Å². The van der Waals surface area contributed by atoms with Crippen molar-refractivity contribution in [2.45, 2.75) is 13.3 Å². The SMILES string of the molecule is Cc1ccc(C(=O)NCCC(=O)O)c(Br)c1. The van der Waals surface area contributed by atoms with Crippen LogP contribution in [-0.2, 0) is 4.79 Å². The normalized spacial score (nSPS) is 9.88. The zero-order valence-electron chi connectivity index (χ0n) is 8.79. The van der Waals surface area contributed by atoms with Crippen molar-refractivity contribution in [1.29, 1.82) is 0 Å². The van der Waals surface area contributed by atoms with Crippen LogP contribution in [-0.4, -0.2) is 23.5 Å². The molecule has 1 rings (SSSR count). The molecular formula is C11H12BrNO3. The van der Waals surface area contributed by atoms with Gasteiger partial charge in [-0.15, -0.1) is 0 Å². The van der Waals surface area contributed by atoms with E-state index in [0.29, 0.717) is 10.0 Å². The van der Waals surface area contributed by atoms with Crippen LogP contribution in [0, 0.1) is 6.92 Å². The average molecular weight is 286 g/mol. The Labute approximate surface area is 102 Å². The topological polar surface area (TPSA) is 66.4 Å². The summed E-state index contributed by atoms with van der Waals surface area (Å²) in [6.07, 6.45) is -0.0742. The molecule has 0 aliphatic rings. The van der Waals surface area contributed by atoms with Crippen LogP contribution >= 0.6 is 15.9 Å². The molecule has 1 amide bonds. The third kappa shape index (κ3) is 3.66. The number of carboxylic acid groups (broad SMARTS) is 1. The number of hydrogen-bond acceptors (Lipinski definition) is 2. The minimum absolute atomic E-state index is 0.0742. The van der Waals surface area contributed by atoms with Crippen molar-refractivity contribution in [3.8, 4) is 0 Å². The molecule has 0 unspecified atom stereocenters. The van der Waals surface area contributed by atoms with Crippen LogP contribution in [0.15, 0.2) is 22.7 Å². The van der Waals surface area contributed by atoms with E-state index in [-0.39, 0.29) is 18.9 Å². The van der Waals surface area contributed by atoms with Crippen molar-refractivity contribution in [2.75, 3.05) is 6.54 Å². The molecule has 0 aliphatic carbocycles. The summed E-state index contributed by atoms with van der Waals surface area (Å²) in [5.74, 6) is -1.20.